The molecule has 3 aromatic rings. The zero-order chi connectivity index (χ0) is 18.5. The van der Waals surface area contributed by atoms with Crippen molar-refractivity contribution in [1.29, 1.82) is 5.26 Å². The number of carboxylic acids is 1. The molecule has 0 spiro atoms. The van der Waals surface area contributed by atoms with Crippen LogP contribution < -0.4 is 10.1 Å². The lowest BCUT2D eigenvalue weighted by Crippen LogP contribution is -2.35. The molecule has 1 heterocycles. The van der Waals surface area contributed by atoms with E-state index < -0.39 is 12.0 Å². The van der Waals surface area contributed by atoms with Crippen LogP contribution in [0.2, 0.25) is 0 Å². The average molecular weight is 349 g/mol. The van der Waals surface area contributed by atoms with Crippen LogP contribution in [0.3, 0.4) is 0 Å². The van der Waals surface area contributed by atoms with Crippen molar-refractivity contribution in [3.05, 3.63) is 65.9 Å². The van der Waals surface area contributed by atoms with Crippen LogP contribution in [-0.4, -0.2) is 28.8 Å². The maximum Gasteiger partial charge on any atom is 0.327 e. The van der Waals surface area contributed by atoms with Gasteiger partial charge in [-0.05, 0) is 29.3 Å². The Kier molecular flexibility index (Phi) is 5.09. The summed E-state index contributed by atoms with van der Waals surface area (Å²) in [5, 5.41) is 21.4. The first kappa shape index (κ1) is 17.4. The zero-order valence-electron chi connectivity index (χ0n) is 14.3. The fourth-order valence-corrected chi connectivity index (χ4v) is 3.08. The molecular weight excluding hydrogens is 330 g/mol. The number of methoxy groups -OCH3 is 1. The molecule has 132 valence electrons. The number of nitrogens with one attached hydrogen (secondary N) is 1. The third-order valence-corrected chi connectivity index (χ3v) is 4.32. The molecule has 0 saturated carbocycles. The summed E-state index contributed by atoms with van der Waals surface area (Å²) in [7, 11) is 1.64. The molecule has 1 atom stereocenters. The number of ether oxygens (including phenoxy) is 1. The number of nitriles is 1. The lowest BCUT2D eigenvalue weighted by atomic mass is 10.1. The number of hydrogen-bond donors (Lipinski definition) is 2. The molecule has 26 heavy (non-hydrogen) atoms. The van der Waals surface area contributed by atoms with Crippen LogP contribution >= 0.6 is 0 Å². The number of hydrogen-bond acceptors (Lipinski definition) is 4. The Bertz CT molecular complexity index is 972. The number of fused-ring (bicyclic) bond motifs is 1. The molecule has 0 radical (unpaired) electrons. The SMILES string of the molecule is COc1cccc(Cn2cc(C[C@H](NC#N)C(=O)O)c3ccccc32)c1. The van der Waals surface area contributed by atoms with Crippen LogP contribution in [0.1, 0.15) is 11.1 Å². The van der Waals surface area contributed by atoms with Gasteiger partial charge in [-0.2, -0.15) is 5.26 Å². The molecule has 0 amide bonds. The molecule has 2 N–H and O–H groups in total. The Morgan fingerprint density at radius 3 is 2.85 bits per heavy atom. The minimum Gasteiger partial charge on any atom is -0.497 e. The Balaban J connectivity index is 1.96. The summed E-state index contributed by atoms with van der Waals surface area (Å²) in [4.78, 5) is 11.4. The summed E-state index contributed by atoms with van der Waals surface area (Å²) >= 11 is 0. The fourth-order valence-electron chi connectivity index (χ4n) is 3.08. The molecule has 2 aromatic carbocycles. The monoisotopic (exact) mass is 349 g/mol. The van der Waals surface area contributed by atoms with Crippen molar-refractivity contribution in [3.63, 3.8) is 0 Å². The average Bonchev–Trinajstić information content (AvgIpc) is 2.99. The highest BCUT2D eigenvalue weighted by atomic mass is 16.5. The van der Waals surface area contributed by atoms with Crippen LogP contribution in [0.5, 0.6) is 5.75 Å². The lowest BCUT2D eigenvalue weighted by Gasteiger charge is -2.09. The summed E-state index contributed by atoms with van der Waals surface area (Å²) in [6.45, 7) is 0.640. The van der Waals surface area contributed by atoms with Crippen LogP contribution in [0, 0.1) is 11.5 Å². The van der Waals surface area contributed by atoms with Crippen LogP contribution in [-0.2, 0) is 17.8 Å². The molecule has 6 nitrogen and oxygen atoms in total. The van der Waals surface area contributed by atoms with Gasteiger partial charge in [0.1, 0.15) is 11.8 Å². The quantitative estimate of drug-likeness (QED) is 0.506. The van der Waals surface area contributed by atoms with Gasteiger partial charge in [0.2, 0.25) is 0 Å². The van der Waals surface area contributed by atoms with Crippen molar-refractivity contribution in [2.24, 2.45) is 0 Å². The van der Waals surface area contributed by atoms with E-state index in [-0.39, 0.29) is 6.42 Å². The molecule has 0 unspecified atom stereocenters. The summed E-state index contributed by atoms with van der Waals surface area (Å²) in [5.74, 6) is -0.250. The van der Waals surface area contributed by atoms with Crippen molar-refractivity contribution in [2.45, 2.75) is 19.0 Å². The first-order valence-corrected chi connectivity index (χ1v) is 8.19. The number of carboxylic acid groups (broad SMARTS) is 1. The Morgan fingerprint density at radius 1 is 1.31 bits per heavy atom. The molecule has 0 saturated heterocycles. The Hall–Kier alpha value is -3.46. The summed E-state index contributed by atoms with van der Waals surface area (Å²) in [6, 6.07) is 14.7. The van der Waals surface area contributed by atoms with E-state index >= 15 is 0 Å². The Morgan fingerprint density at radius 2 is 2.12 bits per heavy atom. The van der Waals surface area contributed by atoms with E-state index in [2.05, 4.69) is 9.88 Å². The number of carbonyl (C=O) groups is 1. The van der Waals surface area contributed by atoms with Crippen molar-refractivity contribution in [3.8, 4) is 11.9 Å². The second kappa shape index (κ2) is 7.62. The molecule has 6 heteroatoms. The van der Waals surface area contributed by atoms with Gasteiger partial charge in [0.25, 0.3) is 0 Å². The van der Waals surface area contributed by atoms with E-state index in [1.165, 1.54) is 0 Å². The van der Waals surface area contributed by atoms with Crippen molar-refractivity contribution in [2.75, 3.05) is 7.11 Å². The van der Waals surface area contributed by atoms with Crippen LogP contribution in [0.15, 0.2) is 54.7 Å². The van der Waals surface area contributed by atoms with Gasteiger partial charge in [0, 0.05) is 30.1 Å². The third-order valence-electron chi connectivity index (χ3n) is 4.32. The number of nitrogens with zero attached hydrogens (tertiary/aromatic N) is 2. The number of aliphatic carboxylic acids is 1. The molecule has 0 aliphatic rings. The van der Waals surface area contributed by atoms with Gasteiger partial charge in [-0.15, -0.1) is 0 Å². The minimum atomic E-state index is -1.05. The minimum absolute atomic E-state index is 0.231. The van der Waals surface area contributed by atoms with Gasteiger partial charge in [-0.1, -0.05) is 30.3 Å². The molecule has 0 bridgehead atoms. The van der Waals surface area contributed by atoms with Gasteiger partial charge >= 0.3 is 5.97 Å². The smallest absolute Gasteiger partial charge is 0.327 e. The van der Waals surface area contributed by atoms with Crippen molar-refractivity contribution >= 4 is 16.9 Å². The highest BCUT2D eigenvalue weighted by molar-refractivity contribution is 5.85. The van der Waals surface area contributed by atoms with Gasteiger partial charge in [-0.25, -0.2) is 4.79 Å². The summed E-state index contributed by atoms with van der Waals surface area (Å²) in [5.41, 5.74) is 2.99. The largest absolute Gasteiger partial charge is 0.497 e. The van der Waals surface area contributed by atoms with E-state index in [1.807, 2.05) is 54.7 Å². The van der Waals surface area contributed by atoms with E-state index in [0.717, 1.165) is 27.8 Å². The lowest BCUT2D eigenvalue weighted by molar-refractivity contribution is -0.139. The molecule has 0 aliphatic carbocycles. The molecule has 0 aliphatic heterocycles. The van der Waals surface area contributed by atoms with E-state index in [0.29, 0.717) is 6.54 Å². The number of para-hydroxylation sites is 1. The predicted octanol–water partition coefficient (Wildman–Crippen LogP) is 2.76. The second-order valence-electron chi connectivity index (χ2n) is 6.00. The van der Waals surface area contributed by atoms with E-state index in [1.54, 1.807) is 13.3 Å². The van der Waals surface area contributed by atoms with E-state index in [4.69, 9.17) is 10.00 Å². The second-order valence-corrected chi connectivity index (χ2v) is 6.00. The van der Waals surface area contributed by atoms with Crippen molar-refractivity contribution in [1.82, 2.24) is 9.88 Å². The van der Waals surface area contributed by atoms with E-state index in [9.17, 15) is 9.90 Å². The number of benzene rings is 2. The van der Waals surface area contributed by atoms with Gasteiger partial charge in [-0.3, -0.25) is 0 Å². The first-order valence-electron chi connectivity index (χ1n) is 8.19. The van der Waals surface area contributed by atoms with Gasteiger partial charge in [0.05, 0.1) is 7.11 Å². The number of rotatable bonds is 7. The summed E-state index contributed by atoms with van der Waals surface area (Å²) < 4.78 is 7.37. The molecule has 3 rings (SSSR count). The molecular formula is C20H19N3O3. The standard InChI is InChI=1S/C20H19N3O3/c1-26-16-6-4-5-14(9-16)11-23-12-15(10-18(20(24)25)22-13-21)17-7-2-3-8-19(17)23/h2-9,12,18,22H,10-11H2,1H3,(H,24,25)/t18-/m0/s1. The van der Waals surface area contributed by atoms with Crippen LogP contribution in [0.4, 0.5) is 0 Å². The highest BCUT2D eigenvalue weighted by Crippen LogP contribution is 2.24. The topological polar surface area (TPSA) is 87.3 Å². The summed E-state index contributed by atoms with van der Waals surface area (Å²) in [6.07, 6.45) is 3.91. The molecule has 0 fully saturated rings. The first-order chi connectivity index (χ1) is 12.6. The normalized spacial score (nSPS) is 11.7. The van der Waals surface area contributed by atoms with Gasteiger partial charge < -0.3 is 19.7 Å². The van der Waals surface area contributed by atoms with Gasteiger partial charge in [0.15, 0.2) is 6.19 Å². The number of aromatic nitrogens is 1. The fraction of sp³-hybridized carbons (Fsp3) is 0.200. The van der Waals surface area contributed by atoms with Crippen molar-refractivity contribution < 1.29 is 14.6 Å². The highest BCUT2D eigenvalue weighted by Gasteiger charge is 2.20. The maximum absolute atomic E-state index is 11.4. The predicted molar refractivity (Wildman–Crippen MR) is 97.9 cm³/mol. The van der Waals surface area contributed by atoms with Crippen LogP contribution in [0.25, 0.3) is 10.9 Å². The third kappa shape index (κ3) is 3.62. The Labute approximate surface area is 151 Å². The maximum atomic E-state index is 11.4. The molecule has 1 aromatic heterocycles. The zero-order valence-corrected chi connectivity index (χ0v) is 14.3.